The number of aromatic hydroxyl groups is 1. The van der Waals surface area contributed by atoms with Crippen molar-refractivity contribution in [1.82, 2.24) is 15.0 Å². The van der Waals surface area contributed by atoms with Gasteiger partial charge in [-0.2, -0.15) is 0 Å². The molecule has 0 aliphatic carbocycles. The topological polar surface area (TPSA) is 68.0 Å². The van der Waals surface area contributed by atoms with Crippen LogP contribution in [0.4, 0.5) is 0 Å². The smallest absolute Gasteiger partial charge is 0.172 e. The predicted molar refractivity (Wildman–Crippen MR) is 78.9 cm³/mol. The molecule has 104 valence electrons. The summed E-state index contributed by atoms with van der Waals surface area (Å²) >= 11 is 5.89. The van der Waals surface area contributed by atoms with Crippen molar-refractivity contribution in [3.8, 4) is 22.7 Å². The van der Waals surface area contributed by atoms with Gasteiger partial charge in [0.05, 0.1) is 5.69 Å². The van der Waals surface area contributed by atoms with E-state index < -0.39 is 0 Å². The third-order valence-corrected chi connectivity index (χ3v) is 3.27. The molecule has 3 aromatic rings. The van der Waals surface area contributed by atoms with Crippen molar-refractivity contribution < 1.29 is 9.90 Å². The van der Waals surface area contributed by atoms with Gasteiger partial charge in [-0.3, -0.25) is 4.79 Å². The van der Waals surface area contributed by atoms with Gasteiger partial charge < -0.3 is 5.11 Å². The Bertz CT molecular complexity index is 780. The van der Waals surface area contributed by atoms with Crippen LogP contribution < -0.4 is 0 Å². The Morgan fingerprint density at radius 2 is 1.71 bits per heavy atom. The number of carbonyl (C=O) groups is 1. The second-order valence-corrected chi connectivity index (χ2v) is 4.81. The Morgan fingerprint density at radius 1 is 1.05 bits per heavy atom. The van der Waals surface area contributed by atoms with Gasteiger partial charge in [-0.25, -0.2) is 4.68 Å². The normalized spacial score (nSPS) is 10.5. The summed E-state index contributed by atoms with van der Waals surface area (Å²) in [5.41, 5.74) is 2.29. The van der Waals surface area contributed by atoms with Gasteiger partial charge in [0, 0.05) is 10.6 Å². The molecule has 0 radical (unpaired) electrons. The lowest BCUT2D eigenvalue weighted by molar-refractivity contribution is 0.111. The van der Waals surface area contributed by atoms with E-state index >= 15 is 0 Å². The number of phenols is 1. The van der Waals surface area contributed by atoms with Gasteiger partial charge in [0.25, 0.3) is 0 Å². The Balaban J connectivity index is 2.18. The molecule has 0 atom stereocenters. The van der Waals surface area contributed by atoms with Crippen molar-refractivity contribution in [2.24, 2.45) is 0 Å². The quantitative estimate of drug-likeness (QED) is 0.755. The van der Waals surface area contributed by atoms with Crippen molar-refractivity contribution >= 4 is 17.9 Å². The summed E-state index contributed by atoms with van der Waals surface area (Å²) in [4.78, 5) is 11.2. The van der Waals surface area contributed by atoms with Crippen LogP contribution in [0, 0.1) is 0 Å². The first-order chi connectivity index (χ1) is 10.2. The third kappa shape index (κ3) is 2.51. The summed E-state index contributed by atoms with van der Waals surface area (Å²) < 4.78 is 1.55. The van der Waals surface area contributed by atoms with Crippen molar-refractivity contribution in [2.75, 3.05) is 0 Å². The van der Waals surface area contributed by atoms with Crippen LogP contribution >= 0.6 is 11.6 Å². The number of nitrogens with zero attached hydrogens (tertiary/aromatic N) is 3. The summed E-state index contributed by atoms with van der Waals surface area (Å²) in [5, 5.41) is 17.9. The number of carbonyl (C=O) groups excluding carboxylic acids is 1. The minimum atomic E-state index is 0.155. The van der Waals surface area contributed by atoms with E-state index in [1.165, 1.54) is 0 Å². The van der Waals surface area contributed by atoms with Gasteiger partial charge in [0.15, 0.2) is 12.0 Å². The number of benzene rings is 2. The number of halogens is 1. The van der Waals surface area contributed by atoms with E-state index in [2.05, 4.69) is 10.3 Å². The Kier molecular flexibility index (Phi) is 3.41. The van der Waals surface area contributed by atoms with E-state index in [-0.39, 0.29) is 11.4 Å². The molecule has 0 amide bonds. The van der Waals surface area contributed by atoms with E-state index in [4.69, 9.17) is 11.6 Å². The largest absolute Gasteiger partial charge is 0.508 e. The first kappa shape index (κ1) is 13.3. The van der Waals surface area contributed by atoms with Gasteiger partial charge in [-0.05, 0) is 36.4 Å². The van der Waals surface area contributed by atoms with Crippen molar-refractivity contribution in [1.29, 1.82) is 0 Å². The summed E-state index contributed by atoms with van der Waals surface area (Å²) in [6.07, 6.45) is 0.661. The minimum absolute atomic E-state index is 0.155. The van der Waals surface area contributed by atoms with Crippen LogP contribution in [-0.4, -0.2) is 26.4 Å². The molecule has 0 fully saturated rings. The predicted octanol–water partition coefficient (Wildman–Crippen LogP) is 3.11. The van der Waals surface area contributed by atoms with Crippen LogP contribution in [-0.2, 0) is 0 Å². The summed E-state index contributed by atoms with van der Waals surface area (Å²) in [6.45, 7) is 0. The van der Waals surface area contributed by atoms with Gasteiger partial charge >= 0.3 is 0 Å². The summed E-state index contributed by atoms with van der Waals surface area (Å²) in [5.74, 6) is 0.155. The molecule has 0 aliphatic rings. The summed E-state index contributed by atoms with van der Waals surface area (Å²) in [6, 6.07) is 13.5. The Hall–Kier alpha value is -2.66. The van der Waals surface area contributed by atoms with E-state index in [0.717, 1.165) is 5.56 Å². The number of aldehydes is 1. The lowest BCUT2D eigenvalue weighted by Crippen LogP contribution is -1.99. The maximum atomic E-state index is 11.2. The number of hydrogen-bond donors (Lipinski definition) is 1. The zero-order chi connectivity index (χ0) is 14.8. The summed E-state index contributed by atoms with van der Waals surface area (Å²) in [7, 11) is 0. The Morgan fingerprint density at radius 3 is 2.33 bits per heavy atom. The average molecular weight is 300 g/mol. The molecule has 2 aromatic carbocycles. The molecule has 6 heteroatoms. The van der Waals surface area contributed by atoms with Gasteiger partial charge in [-0.1, -0.05) is 28.9 Å². The zero-order valence-corrected chi connectivity index (χ0v) is 11.5. The number of phenolic OH excluding ortho intramolecular Hbond substituents is 1. The van der Waals surface area contributed by atoms with Crippen LogP contribution in [0.25, 0.3) is 16.9 Å². The van der Waals surface area contributed by atoms with Crippen molar-refractivity contribution in [2.45, 2.75) is 0 Å². The lowest BCUT2D eigenvalue weighted by Gasteiger charge is -2.07. The first-order valence-electron chi connectivity index (χ1n) is 6.15. The monoisotopic (exact) mass is 299 g/mol. The molecular formula is C15H10ClN3O2. The molecule has 1 N–H and O–H groups in total. The number of aromatic nitrogens is 3. The molecule has 1 aromatic heterocycles. The molecule has 0 bridgehead atoms. The molecule has 21 heavy (non-hydrogen) atoms. The minimum Gasteiger partial charge on any atom is -0.508 e. The van der Waals surface area contributed by atoms with Crippen LogP contribution in [0.15, 0.2) is 48.5 Å². The molecule has 0 aliphatic heterocycles. The second-order valence-electron chi connectivity index (χ2n) is 4.38. The molecule has 1 heterocycles. The van der Waals surface area contributed by atoms with E-state index in [1.54, 1.807) is 53.2 Å². The van der Waals surface area contributed by atoms with Crippen LogP contribution in [0.2, 0.25) is 5.02 Å². The molecule has 5 nitrogen and oxygen atoms in total. The molecule has 0 unspecified atom stereocenters. The van der Waals surface area contributed by atoms with E-state index in [0.29, 0.717) is 22.7 Å². The van der Waals surface area contributed by atoms with Crippen molar-refractivity contribution in [3.63, 3.8) is 0 Å². The fourth-order valence-electron chi connectivity index (χ4n) is 2.03. The van der Waals surface area contributed by atoms with Gasteiger partial charge in [-0.15, -0.1) is 5.10 Å². The van der Waals surface area contributed by atoms with Gasteiger partial charge in [0.1, 0.15) is 11.4 Å². The molecule has 0 spiro atoms. The zero-order valence-electron chi connectivity index (χ0n) is 10.8. The fourth-order valence-corrected chi connectivity index (χ4v) is 2.15. The SMILES string of the molecule is O=Cc1nnn(-c2ccc(O)cc2)c1-c1ccc(Cl)cc1. The fraction of sp³-hybridized carbons (Fsp3) is 0. The van der Waals surface area contributed by atoms with Crippen molar-refractivity contribution in [3.05, 3.63) is 59.2 Å². The molecule has 0 saturated carbocycles. The average Bonchev–Trinajstić information content (AvgIpc) is 2.93. The maximum Gasteiger partial charge on any atom is 0.172 e. The van der Waals surface area contributed by atoms with Gasteiger partial charge in [0.2, 0.25) is 0 Å². The third-order valence-electron chi connectivity index (χ3n) is 3.02. The first-order valence-corrected chi connectivity index (χ1v) is 6.53. The van der Waals surface area contributed by atoms with E-state index in [9.17, 15) is 9.90 Å². The van der Waals surface area contributed by atoms with Crippen LogP contribution in [0.5, 0.6) is 5.75 Å². The van der Waals surface area contributed by atoms with E-state index in [1.807, 2.05) is 0 Å². The van der Waals surface area contributed by atoms with Crippen LogP contribution in [0.3, 0.4) is 0 Å². The highest BCUT2D eigenvalue weighted by atomic mass is 35.5. The molecular weight excluding hydrogens is 290 g/mol. The highest BCUT2D eigenvalue weighted by molar-refractivity contribution is 6.30. The number of hydrogen-bond acceptors (Lipinski definition) is 4. The maximum absolute atomic E-state index is 11.2. The molecule has 0 saturated heterocycles. The Labute approximate surface area is 125 Å². The number of rotatable bonds is 3. The lowest BCUT2D eigenvalue weighted by atomic mass is 10.1. The standard InChI is InChI=1S/C15H10ClN3O2/c16-11-3-1-10(2-4-11)15-14(9-20)17-18-19(15)12-5-7-13(21)8-6-12/h1-9,21H. The van der Waals surface area contributed by atoms with Crippen LogP contribution in [0.1, 0.15) is 10.5 Å². The second kappa shape index (κ2) is 5.38. The molecule has 3 rings (SSSR count). The highest BCUT2D eigenvalue weighted by Crippen LogP contribution is 2.26. The highest BCUT2D eigenvalue weighted by Gasteiger charge is 2.15.